The second-order valence-electron chi connectivity index (χ2n) is 5.50. The zero-order valence-electron chi connectivity index (χ0n) is 14.6. The Balaban J connectivity index is 1.60. The third-order valence-corrected chi connectivity index (χ3v) is 5.32. The Morgan fingerprint density at radius 3 is 2.66 bits per heavy atom. The molecule has 0 saturated heterocycles. The fourth-order valence-corrected chi connectivity index (χ4v) is 3.73. The first-order valence-corrected chi connectivity index (χ1v) is 9.96. The number of thioether (sulfide) groups is 1. The maximum atomic E-state index is 12.5. The van der Waals surface area contributed by atoms with E-state index in [2.05, 4.69) is 15.0 Å². The number of nitro groups is 1. The molecule has 0 spiro atoms. The lowest BCUT2D eigenvalue weighted by molar-refractivity contribution is -0.384. The topological polar surface area (TPSA) is 94.4 Å². The molecule has 1 aromatic heterocycles. The number of nitro benzene ring substituents is 1. The van der Waals surface area contributed by atoms with Crippen molar-refractivity contribution >= 4 is 39.8 Å². The van der Waals surface area contributed by atoms with E-state index in [0.717, 1.165) is 11.3 Å². The van der Waals surface area contributed by atoms with E-state index in [1.54, 1.807) is 35.7 Å². The molecule has 7 nitrogen and oxygen atoms in total. The molecule has 0 radical (unpaired) electrons. The molecule has 2 aromatic carbocycles. The van der Waals surface area contributed by atoms with Crippen LogP contribution in [0.1, 0.15) is 0 Å². The van der Waals surface area contributed by atoms with Crippen molar-refractivity contribution in [2.24, 2.45) is 0 Å². The molecule has 0 aliphatic rings. The number of anilines is 1. The summed E-state index contributed by atoms with van der Waals surface area (Å²) in [5, 5.41) is 15.2. The van der Waals surface area contributed by atoms with Crippen LogP contribution in [0.2, 0.25) is 0 Å². The van der Waals surface area contributed by atoms with Crippen molar-refractivity contribution in [3.8, 4) is 17.0 Å². The van der Waals surface area contributed by atoms with Crippen molar-refractivity contribution in [1.82, 2.24) is 4.98 Å². The van der Waals surface area contributed by atoms with E-state index in [9.17, 15) is 23.7 Å². The molecule has 0 bridgehead atoms. The quantitative estimate of drug-likeness (QED) is 0.301. The number of thiazole rings is 1. The lowest BCUT2D eigenvalue weighted by Crippen LogP contribution is -2.13. The number of amides is 1. The second-order valence-corrected chi connectivity index (χ2v) is 7.41. The molecule has 1 heterocycles. The molecule has 3 rings (SSSR count). The number of aromatic nitrogens is 1. The highest BCUT2D eigenvalue weighted by atomic mass is 32.2. The first kappa shape index (κ1) is 20.7. The van der Waals surface area contributed by atoms with Crippen LogP contribution < -0.4 is 10.1 Å². The number of hydrogen-bond acceptors (Lipinski definition) is 7. The first-order valence-electron chi connectivity index (χ1n) is 8.09. The number of halogens is 2. The van der Waals surface area contributed by atoms with Crippen molar-refractivity contribution in [2.75, 3.05) is 11.1 Å². The van der Waals surface area contributed by atoms with Crippen molar-refractivity contribution in [1.29, 1.82) is 0 Å². The fraction of sp³-hybridized carbons (Fsp3) is 0.111. The minimum absolute atomic E-state index is 0.000553. The van der Waals surface area contributed by atoms with Gasteiger partial charge in [0.25, 0.3) is 5.69 Å². The van der Waals surface area contributed by atoms with E-state index in [0.29, 0.717) is 21.3 Å². The number of rotatable bonds is 8. The van der Waals surface area contributed by atoms with Crippen LogP contribution in [-0.4, -0.2) is 28.2 Å². The summed E-state index contributed by atoms with van der Waals surface area (Å²) in [4.78, 5) is 27.2. The van der Waals surface area contributed by atoms with Gasteiger partial charge in [0.15, 0.2) is 5.13 Å². The van der Waals surface area contributed by atoms with Gasteiger partial charge < -0.3 is 10.1 Å². The van der Waals surface area contributed by atoms with E-state index >= 15 is 0 Å². The van der Waals surface area contributed by atoms with Crippen molar-refractivity contribution in [2.45, 2.75) is 11.5 Å². The largest absolute Gasteiger partial charge is 0.434 e. The summed E-state index contributed by atoms with van der Waals surface area (Å²) >= 11 is 2.38. The molecule has 0 fully saturated rings. The minimum atomic E-state index is -2.95. The predicted octanol–water partition coefficient (Wildman–Crippen LogP) is 5.05. The number of hydrogen-bond donors (Lipinski definition) is 1. The second kappa shape index (κ2) is 9.43. The number of carbonyl (C=O) groups is 1. The van der Waals surface area contributed by atoms with Gasteiger partial charge in [-0.1, -0.05) is 12.1 Å². The molecule has 0 aliphatic carbocycles. The van der Waals surface area contributed by atoms with Crippen LogP contribution >= 0.6 is 23.1 Å². The summed E-state index contributed by atoms with van der Waals surface area (Å²) in [5.41, 5.74) is 0.777. The number of nitrogens with zero attached hydrogens (tertiary/aromatic N) is 2. The van der Waals surface area contributed by atoms with E-state index in [-0.39, 0.29) is 23.1 Å². The van der Waals surface area contributed by atoms with Crippen LogP contribution in [0.15, 0.2) is 58.8 Å². The summed E-state index contributed by atoms with van der Waals surface area (Å²) in [5.74, 6) is -0.233. The van der Waals surface area contributed by atoms with E-state index < -0.39 is 11.5 Å². The Labute approximate surface area is 171 Å². The van der Waals surface area contributed by atoms with Gasteiger partial charge in [-0.05, 0) is 24.3 Å². The zero-order chi connectivity index (χ0) is 20.8. The van der Waals surface area contributed by atoms with Gasteiger partial charge in [-0.2, -0.15) is 8.78 Å². The molecule has 1 N–H and O–H groups in total. The summed E-state index contributed by atoms with van der Waals surface area (Å²) in [6.07, 6.45) is 0. The van der Waals surface area contributed by atoms with Gasteiger partial charge in [-0.25, -0.2) is 4.98 Å². The first-order chi connectivity index (χ1) is 13.9. The molecule has 0 unspecified atom stereocenters. The highest BCUT2D eigenvalue weighted by molar-refractivity contribution is 8.00. The van der Waals surface area contributed by atoms with Crippen LogP contribution in [0, 0.1) is 10.1 Å². The zero-order valence-corrected chi connectivity index (χ0v) is 16.2. The maximum absolute atomic E-state index is 12.5. The maximum Gasteiger partial charge on any atom is 0.387 e. The van der Waals surface area contributed by atoms with E-state index in [1.165, 1.54) is 30.0 Å². The predicted molar refractivity (Wildman–Crippen MR) is 107 cm³/mol. The van der Waals surface area contributed by atoms with Crippen molar-refractivity contribution in [3.63, 3.8) is 0 Å². The number of alkyl halides is 2. The smallest absolute Gasteiger partial charge is 0.387 e. The standard InChI is InChI=1S/C18H13F2N3O4S2/c19-17(20)27-15-4-2-1-3-13(15)14-9-29-18(21-14)22-16(24)10-28-12-7-5-11(6-8-12)23(25)26/h1-9,17H,10H2,(H,21,22,24). The van der Waals surface area contributed by atoms with Gasteiger partial charge >= 0.3 is 6.61 Å². The van der Waals surface area contributed by atoms with Crippen LogP contribution in [0.5, 0.6) is 5.75 Å². The summed E-state index contributed by atoms with van der Waals surface area (Å²) in [6, 6.07) is 12.1. The molecule has 0 saturated carbocycles. The van der Waals surface area contributed by atoms with Crippen LogP contribution in [0.3, 0.4) is 0 Å². The summed E-state index contributed by atoms with van der Waals surface area (Å²) < 4.78 is 29.6. The van der Waals surface area contributed by atoms with Crippen molar-refractivity contribution in [3.05, 3.63) is 64.0 Å². The highest BCUT2D eigenvalue weighted by Crippen LogP contribution is 2.33. The average molecular weight is 437 g/mol. The number of para-hydroxylation sites is 1. The third kappa shape index (κ3) is 5.72. The Bertz CT molecular complexity index is 1010. The fourth-order valence-electron chi connectivity index (χ4n) is 2.30. The molecule has 29 heavy (non-hydrogen) atoms. The van der Waals surface area contributed by atoms with Crippen LogP contribution in [-0.2, 0) is 4.79 Å². The molecular formula is C18H13F2N3O4S2. The molecule has 150 valence electrons. The number of ether oxygens (including phenoxy) is 1. The Morgan fingerprint density at radius 2 is 1.97 bits per heavy atom. The van der Waals surface area contributed by atoms with Gasteiger partial charge in [-0.15, -0.1) is 23.1 Å². The summed E-state index contributed by atoms with van der Waals surface area (Å²) in [6.45, 7) is -2.95. The molecular weight excluding hydrogens is 424 g/mol. The number of benzene rings is 2. The molecule has 1 amide bonds. The molecule has 11 heteroatoms. The SMILES string of the molecule is O=C(CSc1ccc([N+](=O)[O-])cc1)Nc1nc(-c2ccccc2OC(F)F)cs1. The lowest BCUT2D eigenvalue weighted by atomic mass is 10.1. The van der Waals surface area contributed by atoms with Crippen LogP contribution in [0.25, 0.3) is 11.3 Å². The lowest BCUT2D eigenvalue weighted by Gasteiger charge is -2.08. The summed E-state index contributed by atoms with van der Waals surface area (Å²) in [7, 11) is 0. The van der Waals surface area contributed by atoms with E-state index in [1.807, 2.05) is 0 Å². The molecule has 0 aliphatic heterocycles. The molecule has 3 aromatic rings. The normalized spacial score (nSPS) is 10.7. The van der Waals surface area contributed by atoms with Crippen molar-refractivity contribution < 1.29 is 23.2 Å². The Kier molecular flexibility index (Phi) is 6.73. The van der Waals surface area contributed by atoms with Crippen LogP contribution in [0.4, 0.5) is 19.6 Å². The number of carbonyl (C=O) groups excluding carboxylic acids is 1. The monoisotopic (exact) mass is 437 g/mol. The average Bonchev–Trinajstić information content (AvgIpc) is 3.15. The van der Waals surface area contributed by atoms with Gasteiger partial charge in [0, 0.05) is 28.0 Å². The van der Waals surface area contributed by atoms with Gasteiger partial charge in [0.2, 0.25) is 5.91 Å². The van der Waals surface area contributed by atoms with Gasteiger partial charge in [-0.3, -0.25) is 14.9 Å². The Morgan fingerprint density at radius 1 is 1.24 bits per heavy atom. The number of non-ortho nitro benzene ring substituents is 1. The molecule has 0 atom stereocenters. The van der Waals surface area contributed by atoms with E-state index in [4.69, 9.17) is 0 Å². The Hall–Kier alpha value is -3.05. The minimum Gasteiger partial charge on any atom is -0.434 e. The third-order valence-electron chi connectivity index (χ3n) is 3.55. The van der Waals surface area contributed by atoms with Gasteiger partial charge in [0.05, 0.1) is 16.4 Å². The highest BCUT2D eigenvalue weighted by Gasteiger charge is 2.14. The van der Waals surface area contributed by atoms with Gasteiger partial charge in [0.1, 0.15) is 5.75 Å². The number of nitrogens with one attached hydrogen (secondary N) is 1.